The minimum absolute atomic E-state index is 0.0577. The molecule has 3 aromatic rings. The number of hydrogen-bond donors (Lipinski definition) is 1. The molecule has 2 aromatic heterocycles. The number of fused-ring (bicyclic) bond motifs is 1. The number of hydrogen-bond acceptors (Lipinski definition) is 6. The van der Waals surface area contributed by atoms with Gasteiger partial charge in [0.1, 0.15) is 11.4 Å². The standard InChI is InChI=1S/C25H29N3O4/c1-5-32-25(30)20-21(26-16(3)23(31-4)22(20)29)18-13-17-10-6-7-11-19(17)27-24(18)28-12-8-9-15(2)14-28/h6-7,10-11,13,15H,5,8-9,12,14H2,1-4H3,(H,26,29)/t15-/m0/s1. The number of esters is 1. The van der Waals surface area contributed by atoms with Crippen LogP contribution < -0.4 is 15.1 Å². The van der Waals surface area contributed by atoms with Crippen molar-refractivity contribution in [1.29, 1.82) is 0 Å². The van der Waals surface area contributed by atoms with Crippen molar-refractivity contribution in [3.05, 3.63) is 51.8 Å². The van der Waals surface area contributed by atoms with Gasteiger partial charge in [-0.3, -0.25) is 4.79 Å². The summed E-state index contributed by atoms with van der Waals surface area (Å²) in [6, 6.07) is 9.86. The zero-order chi connectivity index (χ0) is 22.8. The minimum atomic E-state index is -0.673. The number of methoxy groups -OCH3 is 1. The fourth-order valence-electron chi connectivity index (χ4n) is 4.46. The van der Waals surface area contributed by atoms with E-state index in [0.29, 0.717) is 22.9 Å². The fourth-order valence-corrected chi connectivity index (χ4v) is 4.46. The molecule has 0 aliphatic carbocycles. The lowest BCUT2D eigenvalue weighted by Gasteiger charge is -2.33. The lowest BCUT2D eigenvalue weighted by molar-refractivity contribution is 0.0525. The number of carbonyl (C=O) groups excluding carboxylic acids is 1. The van der Waals surface area contributed by atoms with Crippen LogP contribution in [0, 0.1) is 12.8 Å². The van der Waals surface area contributed by atoms with Crippen molar-refractivity contribution in [3.8, 4) is 17.0 Å². The van der Waals surface area contributed by atoms with Gasteiger partial charge in [0, 0.05) is 24.0 Å². The molecule has 32 heavy (non-hydrogen) atoms. The van der Waals surface area contributed by atoms with E-state index in [1.165, 1.54) is 13.5 Å². The van der Waals surface area contributed by atoms with Gasteiger partial charge < -0.3 is 19.4 Å². The molecule has 3 heterocycles. The molecule has 1 fully saturated rings. The lowest BCUT2D eigenvalue weighted by atomic mass is 9.98. The van der Waals surface area contributed by atoms with Crippen molar-refractivity contribution in [2.75, 3.05) is 31.7 Å². The summed E-state index contributed by atoms with van der Waals surface area (Å²) in [5.41, 5.74) is 2.00. The first kappa shape index (κ1) is 21.9. The van der Waals surface area contributed by atoms with Crippen molar-refractivity contribution in [2.24, 2.45) is 5.92 Å². The first-order valence-corrected chi connectivity index (χ1v) is 11.1. The molecule has 7 nitrogen and oxygen atoms in total. The van der Waals surface area contributed by atoms with Crippen LogP contribution in [0.2, 0.25) is 0 Å². The number of carbonyl (C=O) groups is 1. The molecule has 1 N–H and O–H groups in total. The highest BCUT2D eigenvalue weighted by molar-refractivity contribution is 6.00. The summed E-state index contributed by atoms with van der Waals surface area (Å²) in [5, 5.41) is 0.931. The number of anilines is 1. The van der Waals surface area contributed by atoms with Crippen molar-refractivity contribution in [3.63, 3.8) is 0 Å². The average molecular weight is 436 g/mol. The number of nitrogens with zero attached hydrogens (tertiary/aromatic N) is 2. The van der Waals surface area contributed by atoms with Crippen LogP contribution in [0.5, 0.6) is 5.75 Å². The molecule has 0 radical (unpaired) electrons. The molecule has 0 bridgehead atoms. The minimum Gasteiger partial charge on any atom is -0.491 e. The van der Waals surface area contributed by atoms with Gasteiger partial charge in [0.15, 0.2) is 5.75 Å². The van der Waals surface area contributed by atoms with Gasteiger partial charge in [-0.05, 0) is 44.7 Å². The SMILES string of the molecule is CCOC(=O)c1c(-c2cc3ccccc3nc2N2CCC[C@H](C)C2)[nH]c(C)c(OC)c1=O. The molecule has 1 aliphatic rings. The molecule has 1 atom stereocenters. The summed E-state index contributed by atoms with van der Waals surface area (Å²) in [6.45, 7) is 7.62. The van der Waals surface area contributed by atoms with Gasteiger partial charge in [-0.15, -0.1) is 0 Å². The van der Waals surface area contributed by atoms with Crippen LogP contribution in [0.15, 0.2) is 35.1 Å². The second-order valence-electron chi connectivity index (χ2n) is 8.33. The second-order valence-corrected chi connectivity index (χ2v) is 8.33. The Hall–Kier alpha value is -3.35. The first-order valence-electron chi connectivity index (χ1n) is 11.1. The molecule has 0 unspecified atom stereocenters. The number of pyridine rings is 2. The highest BCUT2D eigenvalue weighted by atomic mass is 16.5. The largest absolute Gasteiger partial charge is 0.491 e. The van der Waals surface area contributed by atoms with Crippen molar-refractivity contribution in [2.45, 2.75) is 33.6 Å². The Kier molecular flexibility index (Phi) is 6.17. The molecule has 1 aliphatic heterocycles. The van der Waals surface area contributed by atoms with Gasteiger partial charge in [0.25, 0.3) is 0 Å². The molecule has 7 heteroatoms. The predicted octanol–water partition coefficient (Wildman–Crippen LogP) is 4.32. The summed E-state index contributed by atoms with van der Waals surface area (Å²) in [6.07, 6.45) is 2.24. The van der Waals surface area contributed by atoms with E-state index in [0.717, 1.165) is 36.2 Å². The molecule has 1 saturated heterocycles. The van der Waals surface area contributed by atoms with Crippen LogP contribution >= 0.6 is 0 Å². The van der Waals surface area contributed by atoms with Gasteiger partial charge in [0.2, 0.25) is 5.43 Å². The van der Waals surface area contributed by atoms with E-state index in [4.69, 9.17) is 14.5 Å². The van der Waals surface area contributed by atoms with E-state index >= 15 is 0 Å². The second kappa shape index (κ2) is 9.02. The number of ether oxygens (including phenoxy) is 2. The average Bonchev–Trinajstić information content (AvgIpc) is 2.78. The summed E-state index contributed by atoms with van der Waals surface area (Å²) in [4.78, 5) is 36.7. The number of piperidine rings is 1. The van der Waals surface area contributed by atoms with Crippen LogP contribution in [0.25, 0.3) is 22.2 Å². The normalized spacial score (nSPS) is 16.2. The third-order valence-corrected chi connectivity index (χ3v) is 5.95. The maximum atomic E-state index is 13.3. The van der Waals surface area contributed by atoms with Gasteiger partial charge in [-0.25, -0.2) is 9.78 Å². The highest BCUT2D eigenvalue weighted by Crippen LogP contribution is 2.36. The molecule has 4 rings (SSSR count). The number of H-pyrrole nitrogens is 1. The number of benzene rings is 1. The fraction of sp³-hybridized carbons (Fsp3) is 0.400. The first-order chi connectivity index (χ1) is 15.4. The van der Waals surface area contributed by atoms with E-state index in [9.17, 15) is 9.59 Å². The van der Waals surface area contributed by atoms with Crippen molar-refractivity contribution < 1.29 is 14.3 Å². The quantitative estimate of drug-likeness (QED) is 0.601. The van der Waals surface area contributed by atoms with Gasteiger partial charge in [-0.2, -0.15) is 0 Å². The Balaban J connectivity index is 2.03. The monoisotopic (exact) mass is 435 g/mol. The summed E-state index contributed by atoms with van der Waals surface area (Å²) in [7, 11) is 1.42. The van der Waals surface area contributed by atoms with Gasteiger partial charge in [-0.1, -0.05) is 25.1 Å². The van der Waals surface area contributed by atoms with E-state index < -0.39 is 11.4 Å². The molecule has 0 amide bonds. The number of rotatable bonds is 5. The molecular formula is C25H29N3O4. The third-order valence-electron chi connectivity index (χ3n) is 5.95. The Morgan fingerprint density at radius 1 is 1.31 bits per heavy atom. The Bertz CT molecular complexity index is 1220. The number of para-hydroxylation sites is 1. The maximum Gasteiger partial charge on any atom is 0.344 e. The number of aryl methyl sites for hydroxylation is 1. The number of aromatic amines is 1. The summed E-state index contributed by atoms with van der Waals surface area (Å²) >= 11 is 0. The summed E-state index contributed by atoms with van der Waals surface area (Å²) in [5.74, 6) is 0.735. The van der Waals surface area contributed by atoms with Crippen LogP contribution in [0.1, 0.15) is 42.7 Å². The van der Waals surface area contributed by atoms with Crippen LogP contribution in [0.4, 0.5) is 5.82 Å². The number of nitrogens with one attached hydrogen (secondary N) is 1. The lowest BCUT2D eigenvalue weighted by Crippen LogP contribution is -2.35. The van der Waals surface area contributed by atoms with E-state index in [1.807, 2.05) is 30.3 Å². The predicted molar refractivity (Wildman–Crippen MR) is 126 cm³/mol. The van der Waals surface area contributed by atoms with E-state index in [1.54, 1.807) is 13.8 Å². The van der Waals surface area contributed by atoms with E-state index in [2.05, 4.69) is 16.8 Å². The zero-order valence-electron chi connectivity index (χ0n) is 19.0. The molecule has 0 spiro atoms. The topological polar surface area (TPSA) is 84.5 Å². The maximum absolute atomic E-state index is 13.3. The van der Waals surface area contributed by atoms with Crippen LogP contribution in [-0.4, -0.2) is 42.7 Å². The third kappa shape index (κ3) is 3.95. The smallest absolute Gasteiger partial charge is 0.344 e. The van der Waals surface area contributed by atoms with E-state index in [-0.39, 0.29) is 17.9 Å². The van der Waals surface area contributed by atoms with Crippen LogP contribution in [-0.2, 0) is 4.74 Å². The number of aromatic nitrogens is 2. The molecule has 0 saturated carbocycles. The Labute approximate surface area is 187 Å². The molecule has 168 valence electrons. The Morgan fingerprint density at radius 3 is 2.81 bits per heavy atom. The van der Waals surface area contributed by atoms with Gasteiger partial charge >= 0.3 is 5.97 Å². The van der Waals surface area contributed by atoms with Crippen molar-refractivity contribution in [1.82, 2.24) is 9.97 Å². The molecular weight excluding hydrogens is 406 g/mol. The highest BCUT2D eigenvalue weighted by Gasteiger charge is 2.28. The summed E-state index contributed by atoms with van der Waals surface area (Å²) < 4.78 is 10.5. The van der Waals surface area contributed by atoms with Gasteiger partial charge in [0.05, 0.1) is 30.6 Å². The van der Waals surface area contributed by atoms with Crippen molar-refractivity contribution >= 4 is 22.7 Å². The zero-order valence-corrected chi connectivity index (χ0v) is 19.0. The Morgan fingerprint density at radius 2 is 2.09 bits per heavy atom. The molecule has 1 aromatic carbocycles. The van der Waals surface area contributed by atoms with Crippen LogP contribution in [0.3, 0.4) is 0 Å².